The average molecular weight is 309 g/mol. The number of hydrogen-bond acceptors (Lipinski definition) is 4. The van der Waals surface area contributed by atoms with E-state index >= 15 is 0 Å². The molecule has 1 rings (SSSR count). The molecule has 1 amide bonds. The Morgan fingerprint density at radius 3 is 3.00 bits per heavy atom. The van der Waals surface area contributed by atoms with Gasteiger partial charge in [0.1, 0.15) is 5.00 Å². The van der Waals surface area contributed by atoms with Crippen LogP contribution in [0.4, 0.5) is 9.80 Å². The fourth-order valence-electron chi connectivity index (χ4n) is 0.777. The van der Waals surface area contributed by atoms with Gasteiger partial charge in [0.25, 0.3) is 0 Å². The Morgan fingerprint density at radius 2 is 2.47 bits per heavy atom. The number of carbonyl (C=O) groups excluding carboxylic acids is 1. The summed E-state index contributed by atoms with van der Waals surface area (Å²) in [4.78, 5) is 11.0. The summed E-state index contributed by atoms with van der Waals surface area (Å²) in [6.07, 6.45) is -0.553. The summed E-state index contributed by atoms with van der Waals surface area (Å²) in [5.74, 6) is 0. The molecule has 0 spiro atoms. The topological polar surface area (TPSA) is 50.4 Å². The average Bonchev–Trinajstić information content (AvgIpc) is 2.52. The summed E-state index contributed by atoms with van der Waals surface area (Å²) in [5, 5.41) is 8.23. The number of halogens is 1. The quantitative estimate of drug-likeness (QED) is 0.825. The lowest BCUT2D eigenvalue weighted by molar-refractivity contribution is 0.158. The second-order valence-corrected chi connectivity index (χ2v) is 4.58. The third kappa shape index (κ3) is 4.15. The molecule has 0 unspecified atom stereocenters. The van der Waals surface area contributed by atoms with Crippen molar-refractivity contribution in [3.63, 3.8) is 0 Å². The summed E-state index contributed by atoms with van der Waals surface area (Å²) < 4.78 is 5.58. The zero-order chi connectivity index (χ0) is 11.3. The first-order valence-electron chi connectivity index (χ1n) is 4.11. The number of nitrogens with one attached hydrogen (secondary N) is 2. The molecule has 4 nitrogen and oxygen atoms in total. The lowest BCUT2D eigenvalue weighted by Gasteiger charge is -2.07. The third-order valence-corrected chi connectivity index (χ3v) is 3.29. The van der Waals surface area contributed by atoms with Gasteiger partial charge < -0.3 is 10.1 Å². The van der Waals surface area contributed by atoms with Crippen LogP contribution in [0.1, 0.15) is 6.92 Å². The van der Waals surface area contributed by atoms with E-state index in [-0.39, 0.29) is 5.11 Å². The molecule has 1 aromatic heterocycles. The molecule has 1 aromatic rings. The molecular weight excluding hydrogens is 300 g/mol. The van der Waals surface area contributed by atoms with Gasteiger partial charge in [-0.3, -0.25) is 5.32 Å². The molecule has 0 aliphatic carbocycles. The van der Waals surface area contributed by atoms with Crippen molar-refractivity contribution in [3.8, 4) is 0 Å². The highest BCUT2D eigenvalue weighted by Crippen LogP contribution is 2.28. The number of rotatable bonds is 2. The minimum Gasteiger partial charge on any atom is -0.450 e. The van der Waals surface area contributed by atoms with Gasteiger partial charge >= 0.3 is 6.09 Å². The maximum absolute atomic E-state index is 11.0. The Morgan fingerprint density at radius 1 is 1.73 bits per heavy atom. The van der Waals surface area contributed by atoms with Gasteiger partial charge in [-0.25, -0.2) is 4.79 Å². The van der Waals surface area contributed by atoms with E-state index < -0.39 is 6.09 Å². The van der Waals surface area contributed by atoms with E-state index in [0.29, 0.717) is 6.61 Å². The number of carbonyl (C=O) groups is 1. The third-order valence-electron chi connectivity index (χ3n) is 1.34. The number of amides is 1. The van der Waals surface area contributed by atoms with E-state index in [1.54, 1.807) is 6.92 Å². The molecular formula is C8H9BrN2O2S2. The zero-order valence-electron chi connectivity index (χ0n) is 7.87. The Kier molecular flexibility index (Phi) is 5.00. The van der Waals surface area contributed by atoms with Gasteiger partial charge in [0.2, 0.25) is 0 Å². The number of ether oxygens (including phenoxy) is 1. The molecule has 0 saturated carbocycles. The highest BCUT2D eigenvalue weighted by atomic mass is 79.9. The molecule has 0 aliphatic rings. The molecule has 2 N–H and O–H groups in total. The standard InChI is InChI=1S/C8H9BrN2O2S2/c1-2-13-8(12)11-7(14)10-6-5(9)3-4-15-6/h3-4H,2H2,1H3,(H2,10,11,12,14). The molecule has 0 saturated heterocycles. The van der Waals surface area contributed by atoms with Crippen LogP contribution in [-0.4, -0.2) is 17.8 Å². The Bertz CT molecular complexity index is 367. The van der Waals surface area contributed by atoms with Crippen LogP contribution in [-0.2, 0) is 4.74 Å². The van der Waals surface area contributed by atoms with Gasteiger partial charge in [-0.1, -0.05) is 0 Å². The van der Waals surface area contributed by atoms with E-state index in [4.69, 9.17) is 12.2 Å². The highest BCUT2D eigenvalue weighted by Gasteiger charge is 2.07. The van der Waals surface area contributed by atoms with E-state index in [2.05, 4.69) is 31.3 Å². The second-order valence-electron chi connectivity index (χ2n) is 2.40. The van der Waals surface area contributed by atoms with Gasteiger partial charge in [-0.05, 0) is 46.5 Å². The van der Waals surface area contributed by atoms with Crippen molar-refractivity contribution in [2.75, 3.05) is 11.9 Å². The molecule has 0 radical (unpaired) electrons. The molecule has 0 bridgehead atoms. The first kappa shape index (κ1) is 12.4. The molecule has 15 heavy (non-hydrogen) atoms. The minimum atomic E-state index is -0.553. The predicted octanol–water partition coefficient (Wildman–Crippen LogP) is 2.95. The van der Waals surface area contributed by atoms with Crippen LogP contribution in [0.5, 0.6) is 0 Å². The van der Waals surface area contributed by atoms with E-state index in [1.165, 1.54) is 11.3 Å². The van der Waals surface area contributed by atoms with Crippen LogP contribution in [0.25, 0.3) is 0 Å². The Labute approximate surface area is 105 Å². The van der Waals surface area contributed by atoms with Crippen LogP contribution < -0.4 is 10.6 Å². The van der Waals surface area contributed by atoms with Crippen LogP contribution in [0, 0.1) is 0 Å². The van der Waals surface area contributed by atoms with Gasteiger partial charge in [-0.2, -0.15) is 0 Å². The lowest BCUT2D eigenvalue weighted by atomic mass is 10.6. The molecule has 82 valence electrons. The van der Waals surface area contributed by atoms with E-state index in [0.717, 1.165) is 9.47 Å². The molecule has 7 heteroatoms. The van der Waals surface area contributed by atoms with Crippen molar-refractivity contribution < 1.29 is 9.53 Å². The van der Waals surface area contributed by atoms with Crippen LogP contribution in [0.3, 0.4) is 0 Å². The number of thiophene rings is 1. The largest absolute Gasteiger partial charge is 0.450 e. The van der Waals surface area contributed by atoms with Crippen LogP contribution >= 0.6 is 39.5 Å². The Balaban J connectivity index is 2.43. The van der Waals surface area contributed by atoms with Gasteiger partial charge in [0, 0.05) is 0 Å². The summed E-state index contributed by atoms with van der Waals surface area (Å²) in [6, 6.07) is 1.89. The Hall–Kier alpha value is -0.660. The number of alkyl carbamates (subject to hydrolysis) is 1. The zero-order valence-corrected chi connectivity index (χ0v) is 11.1. The number of hydrogen-bond donors (Lipinski definition) is 2. The second kappa shape index (κ2) is 6.04. The van der Waals surface area contributed by atoms with Crippen LogP contribution in [0.15, 0.2) is 15.9 Å². The van der Waals surface area contributed by atoms with Crippen molar-refractivity contribution in [1.82, 2.24) is 5.32 Å². The molecule has 0 atom stereocenters. The van der Waals surface area contributed by atoms with Crippen molar-refractivity contribution in [2.45, 2.75) is 6.92 Å². The van der Waals surface area contributed by atoms with Crippen molar-refractivity contribution in [1.29, 1.82) is 0 Å². The minimum absolute atomic E-state index is 0.219. The molecule has 0 fully saturated rings. The lowest BCUT2D eigenvalue weighted by Crippen LogP contribution is -2.34. The smallest absolute Gasteiger partial charge is 0.413 e. The normalized spacial score (nSPS) is 9.47. The number of thiocarbonyl (C=S) groups is 1. The summed E-state index contributed by atoms with van der Waals surface area (Å²) in [5.41, 5.74) is 0. The molecule has 0 aromatic carbocycles. The van der Waals surface area contributed by atoms with Gasteiger partial charge in [0.15, 0.2) is 5.11 Å². The summed E-state index contributed by atoms with van der Waals surface area (Å²) in [7, 11) is 0. The number of anilines is 1. The summed E-state index contributed by atoms with van der Waals surface area (Å²) in [6.45, 7) is 2.04. The first-order valence-corrected chi connectivity index (χ1v) is 6.19. The van der Waals surface area contributed by atoms with E-state index in [1.807, 2.05) is 11.4 Å². The molecule has 0 aliphatic heterocycles. The van der Waals surface area contributed by atoms with Crippen molar-refractivity contribution >= 4 is 55.7 Å². The fraction of sp³-hybridized carbons (Fsp3) is 0.250. The SMILES string of the molecule is CCOC(=O)NC(=S)Nc1sccc1Br. The maximum Gasteiger partial charge on any atom is 0.413 e. The van der Waals surface area contributed by atoms with Gasteiger partial charge in [0.05, 0.1) is 11.1 Å². The predicted molar refractivity (Wildman–Crippen MR) is 68.4 cm³/mol. The van der Waals surface area contributed by atoms with Gasteiger partial charge in [-0.15, -0.1) is 11.3 Å². The summed E-state index contributed by atoms with van der Waals surface area (Å²) >= 11 is 9.73. The first-order chi connectivity index (χ1) is 7.13. The van der Waals surface area contributed by atoms with Crippen molar-refractivity contribution in [2.24, 2.45) is 0 Å². The maximum atomic E-state index is 11.0. The van der Waals surface area contributed by atoms with Crippen LogP contribution in [0.2, 0.25) is 0 Å². The van der Waals surface area contributed by atoms with Crippen molar-refractivity contribution in [3.05, 3.63) is 15.9 Å². The highest BCUT2D eigenvalue weighted by molar-refractivity contribution is 9.10. The fourth-order valence-corrected chi connectivity index (χ4v) is 2.40. The molecule has 1 heterocycles. The monoisotopic (exact) mass is 308 g/mol. The van der Waals surface area contributed by atoms with E-state index in [9.17, 15) is 4.79 Å².